The molecule has 2 fully saturated rings. The molecule has 2 aromatic carbocycles. The second-order valence-corrected chi connectivity index (χ2v) is 17.0. The van der Waals surface area contributed by atoms with Crippen molar-refractivity contribution < 1.29 is 34.0 Å². The second-order valence-electron chi connectivity index (χ2n) is 12.9. The molecule has 2 aliphatic rings. The van der Waals surface area contributed by atoms with Crippen LogP contribution in [0.4, 0.5) is 0 Å². The van der Waals surface area contributed by atoms with Crippen molar-refractivity contribution in [1.82, 2.24) is 9.80 Å². The zero-order valence-corrected chi connectivity index (χ0v) is 30.9. The molecule has 51 heavy (non-hydrogen) atoms. The highest BCUT2D eigenvalue weighted by atomic mass is 32.2. The molecule has 0 radical (unpaired) electrons. The molecule has 2 saturated heterocycles. The van der Waals surface area contributed by atoms with Gasteiger partial charge in [0.05, 0.1) is 6.04 Å². The zero-order valence-electron chi connectivity index (χ0n) is 29.1. The molecular weight excluding hydrogens is 693 g/mol. The van der Waals surface area contributed by atoms with Crippen LogP contribution in [-0.2, 0) is 36.1 Å². The fourth-order valence-electron chi connectivity index (χ4n) is 6.68. The molecule has 0 spiro atoms. The van der Waals surface area contributed by atoms with Crippen molar-refractivity contribution in [2.24, 2.45) is 27.9 Å². The van der Waals surface area contributed by atoms with Crippen molar-refractivity contribution in [2.75, 3.05) is 31.6 Å². The van der Waals surface area contributed by atoms with E-state index >= 15 is 4.57 Å². The molecule has 2 aromatic rings. The van der Waals surface area contributed by atoms with Gasteiger partial charge in [0.1, 0.15) is 19.2 Å². The van der Waals surface area contributed by atoms with E-state index in [-0.39, 0.29) is 37.2 Å². The van der Waals surface area contributed by atoms with Crippen LogP contribution < -0.4 is 22.9 Å². The van der Waals surface area contributed by atoms with Crippen molar-refractivity contribution in [3.63, 3.8) is 0 Å². The number of amides is 2. The van der Waals surface area contributed by atoms with Crippen molar-refractivity contribution in [2.45, 2.75) is 80.7 Å². The number of likely N-dealkylation sites (tertiary alicyclic amines) is 2. The maximum Gasteiger partial charge on any atom is 0.337 e. The zero-order chi connectivity index (χ0) is 37.6. The molecule has 0 saturated carbocycles. The van der Waals surface area contributed by atoms with Gasteiger partial charge in [-0.05, 0) is 68.1 Å². The number of thioether (sulfide) groups is 1. The van der Waals surface area contributed by atoms with E-state index in [2.05, 4.69) is 4.99 Å². The van der Waals surface area contributed by atoms with Gasteiger partial charge >= 0.3 is 11.9 Å². The number of carboxylic acid groups (broad SMARTS) is 2. The van der Waals surface area contributed by atoms with Gasteiger partial charge < -0.3 is 47.5 Å². The second kappa shape index (κ2) is 19.6. The Labute approximate surface area is 303 Å². The SMILES string of the molecule is CSCC[C@H](N)C(=O)N1CCC[C@H]1C(=O)N1CCC[C@]1(C(=O)O)P(=O)(Cc1ccccc1)Cc1ccccc1.NC(N)=NCCC[C@H](N)C(=O)O. The molecule has 4 atom stereocenters. The molecule has 280 valence electrons. The fraction of sp³-hybridized carbons (Fsp3) is 0.514. The lowest BCUT2D eigenvalue weighted by molar-refractivity contribution is -0.154. The third-order valence-corrected chi connectivity index (χ3v) is 13.7. The minimum atomic E-state index is -3.65. The van der Waals surface area contributed by atoms with Crippen molar-refractivity contribution in [3.05, 3.63) is 71.8 Å². The summed E-state index contributed by atoms with van der Waals surface area (Å²) >= 11 is 1.60. The van der Waals surface area contributed by atoms with Gasteiger partial charge in [-0.3, -0.25) is 19.4 Å². The molecule has 10 N–H and O–H groups in total. The summed E-state index contributed by atoms with van der Waals surface area (Å²) in [6.45, 7) is 1.01. The van der Waals surface area contributed by atoms with E-state index in [9.17, 15) is 24.3 Å². The summed E-state index contributed by atoms with van der Waals surface area (Å²) < 4.78 is 15.2. The quantitative estimate of drug-likeness (QED) is 0.0628. The van der Waals surface area contributed by atoms with Gasteiger partial charge in [-0.15, -0.1) is 0 Å². The lowest BCUT2D eigenvalue weighted by Gasteiger charge is -2.43. The highest BCUT2D eigenvalue weighted by molar-refractivity contribution is 7.98. The molecule has 0 bridgehead atoms. The monoisotopic (exact) mass is 745 g/mol. The minimum Gasteiger partial charge on any atom is -0.480 e. The number of aliphatic imine (C=N–C) groups is 1. The van der Waals surface area contributed by atoms with E-state index in [1.807, 2.05) is 66.9 Å². The Morgan fingerprint density at radius 2 is 1.51 bits per heavy atom. The van der Waals surface area contributed by atoms with Crippen LogP contribution in [0.1, 0.15) is 56.1 Å². The number of hydrogen-bond acceptors (Lipinski definition) is 9. The molecule has 0 aliphatic carbocycles. The number of guanidine groups is 1. The van der Waals surface area contributed by atoms with Gasteiger partial charge in [0, 0.05) is 32.0 Å². The topological polar surface area (TPSA) is 249 Å². The number of rotatable bonds is 16. The number of hydrogen-bond donors (Lipinski definition) is 6. The molecular formula is C35H52N7O7PS. The summed E-state index contributed by atoms with van der Waals surface area (Å²) in [5.74, 6) is -2.21. The van der Waals surface area contributed by atoms with Crippen LogP contribution in [0.15, 0.2) is 65.7 Å². The van der Waals surface area contributed by atoms with Gasteiger partial charge in [0.25, 0.3) is 0 Å². The predicted molar refractivity (Wildman–Crippen MR) is 200 cm³/mol. The van der Waals surface area contributed by atoms with E-state index in [4.69, 9.17) is 28.0 Å². The fourth-order valence-corrected chi connectivity index (χ4v) is 11.0. The maximum atomic E-state index is 15.2. The Bertz CT molecular complexity index is 1500. The van der Waals surface area contributed by atoms with Crippen LogP contribution in [-0.4, -0.2) is 105 Å². The Hall–Kier alpha value is -3.91. The largest absolute Gasteiger partial charge is 0.480 e. The molecule has 16 heteroatoms. The Morgan fingerprint density at radius 3 is 2.02 bits per heavy atom. The number of carbonyl (C=O) groups excluding carboxylic acids is 2. The first kappa shape index (κ1) is 41.5. The third kappa shape index (κ3) is 10.8. The first-order chi connectivity index (χ1) is 24.3. The third-order valence-electron chi connectivity index (χ3n) is 9.25. The highest BCUT2D eigenvalue weighted by Gasteiger charge is 2.62. The van der Waals surface area contributed by atoms with Gasteiger partial charge in [-0.25, -0.2) is 4.79 Å². The van der Waals surface area contributed by atoms with Gasteiger partial charge in [-0.1, -0.05) is 60.7 Å². The Balaban J connectivity index is 0.000000501. The number of aliphatic carboxylic acids is 2. The number of nitrogens with zero attached hydrogens (tertiary/aromatic N) is 3. The lowest BCUT2D eigenvalue weighted by Crippen LogP contribution is -2.59. The lowest BCUT2D eigenvalue weighted by atomic mass is 10.1. The molecule has 14 nitrogen and oxygen atoms in total. The first-order valence-electron chi connectivity index (χ1n) is 17.1. The van der Waals surface area contributed by atoms with E-state index < -0.39 is 48.4 Å². The standard InChI is InChI=1S/C29H38N3O5PS.C6H14N4O2/c1-39-19-15-24(30)26(33)31-17-8-14-25(31)27(34)32-18-9-16-29(32,28(35)36)38(37,20-22-10-4-2-5-11-22)21-23-12-6-3-7-13-23;7-4(5(11)12)2-1-3-10-6(8)9/h2-7,10-13,24-25H,8-9,14-21,30H2,1H3,(H,35,36);4H,1-3,7H2,(H,11,12)(H4,8,9,10)/t24-,25-,29+;4-/m00/s1. The van der Waals surface area contributed by atoms with Crippen molar-refractivity contribution in [3.8, 4) is 0 Å². The summed E-state index contributed by atoms with van der Waals surface area (Å²) in [7, 11) is -3.65. The van der Waals surface area contributed by atoms with Crippen LogP contribution in [0.3, 0.4) is 0 Å². The van der Waals surface area contributed by atoms with Crippen LogP contribution in [0, 0.1) is 0 Å². The van der Waals surface area contributed by atoms with E-state index in [0.29, 0.717) is 51.6 Å². The molecule has 0 unspecified atom stereocenters. The normalized spacial score (nSPS) is 19.8. The number of carbonyl (C=O) groups is 4. The van der Waals surface area contributed by atoms with Crippen molar-refractivity contribution >= 4 is 48.6 Å². The van der Waals surface area contributed by atoms with Gasteiger partial charge in [0.15, 0.2) is 11.2 Å². The summed E-state index contributed by atoms with van der Waals surface area (Å²) in [6, 6.07) is 16.2. The first-order valence-corrected chi connectivity index (χ1v) is 20.5. The summed E-state index contributed by atoms with van der Waals surface area (Å²) in [6.07, 6.45) is 5.14. The van der Waals surface area contributed by atoms with Crippen LogP contribution in [0.25, 0.3) is 0 Å². The maximum absolute atomic E-state index is 15.2. The van der Waals surface area contributed by atoms with E-state index in [1.54, 1.807) is 11.8 Å². The number of carboxylic acids is 2. The average molecular weight is 746 g/mol. The van der Waals surface area contributed by atoms with Crippen LogP contribution in [0.5, 0.6) is 0 Å². The molecule has 0 aromatic heterocycles. The summed E-state index contributed by atoms with van der Waals surface area (Å²) in [5, 5.41) is 17.3. The van der Waals surface area contributed by atoms with E-state index in [0.717, 1.165) is 16.9 Å². The molecule has 2 aliphatic heterocycles. The minimum absolute atomic E-state index is 0.0129. The predicted octanol–water partition coefficient (Wildman–Crippen LogP) is 2.68. The van der Waals surface area contributed by atoms with Gasteiger partial charge in [-0.2, -0.15) is 11.8 Å². The summed E-state index contributed by atoms with van der Waals surface area (Å²) in [4.78, 5) is 57.4. The van der Waals surface area contributed by atoms with Gasteiger partial charge in [0.2, 0.25) is 11.8 Å². The summed E-state index contributed by atoms with van der Waals surface area (Å²) in [5.41, 5.74) is 23.0. The van der Waals surface area contributed by atoms with Crippen LogP contribution in [0.2, 0.25) is 0 Å². The molecule has 2 heterocycles. The highest BCUT2D eigenvalue weighted by Crippen LogP contribution is 2.67. The Kier molecular flexibility index (Phi) is 16.0. The average Bonchev–Trinajstić information content (AvgIpc) is 3.79. The number of benzene rings is 2. The Morgan fingerprint density at radius 1 is 0.922 bits per heavy atom. The van der Waals surface area contributed by atoms with E-state index in [1.165, 1.54) is 9.80 Å². The van der Waals surface area contributed by atoms with Crippen LogP contribution >= 0.6 is 18.9 Å². The molecule has 2 amide bonds. The number of nitrogens with two attached hydrogens (primary N) is 4. The van der Waals surface area contributed by atoms with Crippen molar-refractivity contribution in [1.29, 1.82) is 0 Å². The molecule has 4 rings (SSSR count). The smallest absolute Gasteiger partial charge is 0.337 e.